The van der Waals surface area contributed by atoms with Crippen molar-refractivity contribution < 1.29 is 14.7 Å². The Morgan fingerprint density at radius 1 is 1.47 bits per heavy atom. The van der Waals surface area contributed by atoms with Crippen LogP contribution in [0.2, 0.25) is 0 Å². The summed E-state index contributed by atoms with van der Waals surface area (Å²) in [5.41, 5.74) is 6.18. The van der Waals surface area contributed by atoms with E-state index in [2.05, 4.69) is 10.3 Å². The van der Waals surface area contributed by atoms with Gasteiger partial charge in [0.2, 0.25) is 0 Å². The van der Waals surface area contributed by atoms with Gasteiger partial charge in [-0.1, -0.05) is 17.8 Å². The zero-order valence-electron chi connectivity index (χ0n) is 10.7. The molecule has 0 aromatic carbocycles. The Balaban J connectivity index is 1.99. The second-order valence-electron chi connectivity index (χ2n) is 4.84. The number of carboxylic acids is 1. The van der Waals surface area contributed by atoms with Crippen molar-refractivity contribution in [2.24, 2.45) is 5.92 Å². The number of nitrogens with one attached hydrogen (secondary N) is 1. The summed E-state index contributed by atoms with van der Waals surface area (Å²) in [6.07, 6.45) is 2.83. The van der Waals surface area contributed by atoms with Gasteiger partial charge in [-0.2, -0.15) is 0 Å². The molecule has 4 N–H and O–H groups in total. The highest BCUT2D eigenvalue weighted by Crippen LogP contribution is 2.26. The number of carboxylic acid groups (broad SMARTS) is 1. The van der Waals surface area contributed by atoms with Crippen LogP contribution < -0.4 is 11.1 Å². The van der Waals surface area contributed by atoms with Crippen LogP contribution in [0.3, 0.4) is 0 Å². The van der Waals surface area contributed by atoms with Crippen molar-refractivity contribution in [1.29, 1.82) is 0 Å². The first kappa shape index (κ1) is 13.8. The lowest BCUT2D eigenvalue weighted by Crippen LogP contribution is -2.39. The number of carbonyl (C=O) groups excluding carboxylic acids is 1. The fraction of sp³-hybridized carbons (Fsp3) is 0.583. The second-order valence-corrected chi connectivity index (χ2v) is 5.87. The lowest BCUT2D eigenvalue weighted by Gasteiger charge is -2.27. The molecular weight excluding hydrogens is 266 g/mol. The van der Waals surface area contributed by atoms with E-state index in [9.17, 15) is 9.59 Å². The third kappa shape index (κ3) is 3.23. The molecule has 2 unspecified atom stereocenters. The molecule has 2 atom stereocenters. The topological polar surface area (TPSA) is 105 Å². The van der Waals surface area contributed by atoms with Crippen molar-refractivity contribution >= 4 is 28.3 Å². The van der Waals surface area contributed by atoms with Crippen LogP contribution in [0, 0.1) is 12.8 Å². The van der Waals surface area contributed by atoms with Crippen LogP contribution in [0.5, 0.6) is 0 Å². The Morgan fingerprint density at radius 2 is 2.21 bits per heavy atom. The molecule has 104 valence electrons. The van der Waals surface area contributed by atoms with Gasteiger partial charge < -0.3 is 16.2 Å². The molecule has 1 heterocycles. The van der Waals surface area contributed by atoms with Crippen molar-refractivity contribution in [1.82, 2.24) is 10.3 Å². The number of amides is 1. The summed E-state index contributed by atoms with van der Waals surface area (Å²) in [6, 6.07) is -0.0786. The van der Waals surface area contributed by atoms with Crippen molar-refractivity contribution in [3.63, 3.8) is 0 Å². The number of rotatable bonds is 3. The van der Waals surface area contributed by atoms with E-state index in [0.29, 0.717) is 28.5 Å². The summed E-state index contributed by atoms with van der Waals surface area (Å²) in [6.45, 7) is 1.74. The number of nitrogens with two attached hydrogens (primary N) is 1. The summed E-state index contributed by atoms with van der Waals surface area (Å²) in [5, 5.41) is 12.3. The quantitative estimate of drug-likeness (QED) is 0.777. The average Bonchev–Trinajstić information content (AvgIpc) is 2.69. The third-order valence-electron chi connectivity index (χ3n) is 3.38. The summed E-state index contributed by atoms with van der Waals surface area (Å²) >= 11 is 1.16. The number of carbonyl (C=O) groups is 2. The maximum atomic E-state index is 12.1. The van der Waals surface area contributed by atoms with Crippen molar-refractivity contribution in [3.05, 3.63) is 10.6 Å². The maximum absolute atomic E-state index is 12.1. The van der Waals surface area contributed by atoms with E-state index in [1.807, 2.05) is 0 Å². The van der Waals surface area contributed by atoms with Crippen LogP contribution in [0.15, 0.2) is 0 Å². The van der Waals surface area contributed by atoms with Crippen LogP contribution in [-0.2, 0) is 4.79 Å². The van der Waals surface area contributed by atoms with Crippen molar-refractivity contribution in [2.75, 3.05) is 5.73 Å². The Morgan fingerprint density at radius 3 is 2.79 bits per heavy atom. The number of aryl methyl sites for hydroxylation is 1. The minimum absolute atomic E-state index is 0.0786. The van der Waals surface area contributed by atoms with Crippen LogP contribution in [0.4, 0.5) is 5.13 Å². The molecular formula is C12H17N3O3S. The second kappa shape index (κ2) is 5.56. The normalized spacial score (nSPS) is 23.0. The monoisotopic (exact) mass is 283 g/mol. The molecule has 0 spiro atoms. The van der Waals surface area contributed by atoms with E-state index in [0.717, 1.165) is 24.2 Å². The Labute approximate surface area is 115 Å². The van der Waals surface area contributed by atoms with E-state index in [-0.39, 0.29) is 17.9 Å². The number of aromatic nitrogens is 1. The number of nitrogens with zero attached hydrogens (tertiary/aromatic N) is 1. The molecule has 6 nitrogen and oxygen atoms in total. The number of hydrogen-bond acceptors (Lipinski definition) is 5. The highest BCUT2D eigenvalue weighted by atomic mass is 32.1. The van der Waals surface area contributed by atoms with Gasteiger partial charge in [-0.25, -0.2) is 4.98 Å². The molecule has 1 fully saturated rings. The van der Waals surface area contributed by atoms with Crippen LogP contribution in [-0.4, -0.2) is 28.0 Å². The molecule has 2 rings (SSSR count). The van der Waals surface area contributed by atoms with Gasteiger partial charge >= 0.3 is 5.97 Å². The molecule has 1 aromatic rings. The number of hydrogen-bond donors (Lipinski definition) is 3. The average molecular weight is 283 g/mol. The van der Waals surface area contributed by atoms with Gasteiger partial charge in [0.05, 0.1) is 11.6 Å². The molecule has 1 amide bonds. The number of anilines is 1. The fourth-order valence-corrected chi connectivity index (χ4v) is 3.16. The molecule has 1 saturated carbocycles. The van der Waals surface area contributed by atoms with E-state index in [1.54, 1.807) is 6.92 Å². The maximum Gasteiger partial charge on any atom is 0.306 e. The SMILES string of the molecule is Cc1nc(N)sc1C(=O)NC1CCCC(C(=O)O)C1. The number of thiazole rings is 1. The zero-order valence-corrected chi connectivity index (χ0v) is 11.5. The Kier molecular flexibility index (Phi) is 4.04. The van der Waals surface area contributed by atoms with E-state index in [4.69, 9.17) is 10.8 Å². The van der Waals surface area contributed by atoms with Gasteiger partial charge in [0.15, 0.2) is 5.13 Å². The van der Waals surface area contributed by atoms with Gasteiger partial charge in [-0.15, -0.1) is 0 Å². The molecule has 0 radical (unpaired) electrons. The summed E-state index contributed by atoms with van der Waals surface area (Å²) in [4.78, 5) is 27.6. The highest BCUT2D eigenvalue weighted by Gasteiger charge is 2.28. The molecule has 0 bridgehead atoms. The van der Waals surface area contributed by atoms with Crippen LogP contribution in [0.25, 0.3) is 0 Å². The fourth-order valence-electron chi connectivity index (χ4n) is 2.42. The Hall–Kier alpha value is -1.63. The van der Waals surface area contributed by atoms with E-state index >= 15 is 0 Å². The Bertz CT molecular complexity index is 500. The first-order chi connectivity index (χ1) is 8.97. The van der Waals surface area contributed by atoms with Crippen LogP contribution in [0.1, 0.15) is 41.0 Å². The van der Waals surface area contributed by atoms with Crippen LogP contribution >= 0.6 is 11.3 Å². The van der Waals surface area contributed by atoms with E-state index < -0.39 is 5.97 Å². The summed E-state index contributed by atoms with van der Waals surface area (Å²) < 4.78 is 0. The van der Waals surface area contributed by atoms with Crippen molar-refractivity contribution in [2.45, 2.75) is 38.6 Å². The predicted octanol–water partition coefficient (Wildman–Crippen LogP) is 1.41. The molecule has 1 aliphatic carbocycles. The van der Waals surface area contributed by atoms with E-state index in [1.165, 1.54) is 0 Å². The minimum atomic E-state index is -0.780. The lowest BCUT2D eigenvalue weighted by atomic mass is 9.86. The largest absolute Gasteiger partial charge is 0.481 e. The zero-order chi connectivity index (χ0) is 14.0. The summed E-state index contributed by atoms with van der Waals surface area (Å²) in [5.74, 6) is -1.34. The third-order valence-corrected chi connectivity index (χ3v) is 4.36. The molecule has 19 heavy (non-hydrogen) atoms. The minimum Gasteiger partial charge on any atom is -0.481 e. The standard InChI is InChI=1S/C12H17N3O3S/c1-6-9(19-12(13)14-6)10(16)15-8-4-2-3-7(5-8)11(17)18/h7-8H,2-5H2,1H3,(H2,13,14)(H,15,16)(H,17,18). The summed E-state index contributed by atoms with van der Waals surface area (Å²) in [7, 11) is 0. The predicted molar refractivity (Wildman–Crippen MR) is 72.1 cm³/mol. The molecule has 1 aliphatic rings. The van der Waals surface area contributed by atoms with Gasteiger partial charge in [0, 0.05) is 6.04 Å². The first-order valence-corrected chi connectivity index (χ1v) is 7.05. The molecule has 1 aromatic heterocycles. The van der Waals surface area contributed by atoms with Gasteiger partial charge in [0.25, 0.3) is 5.91 Å². The molecule has 7 heteroatoms. The number of nitrogen functional groups attached to an aromatic ring is 1. The van der Waals surface area contributed by atoms with Crippen molar-refractivity contribution in [3.8, 4) is 0 Å². The van der Waals surface area contributed by atoms with Gasteiger partial charge in [-0.3, -0.25) is 9.59 Å². The van der Waals surface area contributed by atoms with Gasteiger partial charge in [-0.05, 0) is 26.2 Å². The molecule has 0 saturated heterocycles. The number of aliphatic carboxylic acids is 1. The molecule has 0 aliphatic heterocycles. The first-order valence-electron chi connectivity index (χ1n) is 6.24. The lowest BCUT2D eigenvalue weighted by molar-refractivity contribution is -0.143. The smallest absolute Gasteiger partial charge is 0.306 e. The van der Waals surface area contributed by atoms with Gasteiger partial charge in [0.1, 0.15) is 4.88 Å². The highest BCUT2D eigenvalue weighted by molar-refractivity contribution is 7.17.